The summed E-state index contributed by atoms with van der Waals surface area (Å²) in [6.45, 7) is 5.01. The fourth-order valence-electron chi connectivity index (χ4n) is 2.95. The van der Waals surface area contributed by atoms with E-state index in [4.69, 9.17) is 4.74 Å². The summed E-state index contributed by atoms with van der Waals surface area (Å²) in [7, 11) is 1.71. The van der Waals surface area contributed by atoms with Gasteiger partial charge in [-0.25, -0.2) is 4.98 Å². The smallest absolute Gasteiger partial charge is 0.258 e. The van der Waals surface area contributed by atoms with Gasteiger partial charge in [0.2, 0.25) is 0 Å². The summed E-state index contributed by atoms with van der Waals surface area (Å²) in [6, 6.07) is 0. The number of ether oxygens (including phenoxy) is 1. The van der Waals surface area contributed by atoms with Gasteiger partial charge in [0.1, 0.15) is 11.4 Å². The molecule has 20 heavy (non-hydrogen) atoms. The Balaban J connectivity index is 1.89. The molecule has 1 fully saturated rings. The van der Waals surface area contributed by atoms with Crippen LogP contribution >= 0.6 is 0 Å². The van der Waals surface area contributed by atoms with Crippen molar-refractivity contribution in [2.75, 3.05) is 6.61 Å². The highest BCUT2D eigenvalue weighted by atomic mass is 16.5. The fourth-order valence-corrected chi connectivity index (χ4v) is 2.95. The molecule has 0 N–H and O–H groups in total. The van der Waals surface area contributed by atoms with Crippen molar-refractivity contribution < 1.29 is 9.53 Å². The van der Waals surface area contributed by atoms with E-state index in [2.05, 4.69) is 4.98 Å². The molecule has 1 atom stereocenters. The van der Waals surface area contributed by atoms with Gasteiger partial charge in [0.15, 0.2) is 0 Å². The summed E-state index contributed by atoms with van der Waals surface area (Å²) in [5.74, 6) is 0.638. The van der Waals surface area contributed by atoms with E-state index in [-0.39, 0.29) is 11.5 Å². The summed E-state index contributed by atoms with van der Waals surface area (Å²) in [5, 5.41) is 0. The first kappa shape index (κ1) is 13.3. The second-order valence-electron chi connectivity index (χ2n) is 5.79. The van der Waals surface area contributed by atoms with Gasteiger partial charge >= 0.3 is 0 Å². The lowest BCUT2D eigenvalue weighted by Crippen LogP contribution is -2.44. The predicted molar refractivity (Wildman–Crippen MR) is 72.1 cm³/mol. The van der Waals surface area contributed by atoms with Crippen LogP contribution in [0.3, 0.4) is 0 Å². The minimum absolute atomic E-state index is 0.0345. The Hall–Kier alpha value is -1.69. The third-order valence-electron chi connectivity index (χ3n) is 4.34. The van der Waals surface area contributed by atoms with E-state index in [0.29, 0.717) is 31.1 Å². The van der Waals surface area contributed by atoms with Gasteiger partial charge in [-0.15, -0.1) is 0 Å². The van der Waals surface area contributed by atoms with E-state index >= 15 is 0 Å². The maximum atomic E-state index is 12.6. The summed E-state index contributed by atoms with van der Waals surface area (Å²) in [5.41, 5.74) is 0.566. The van der Waals surface area contributed by atoms with Gasteiger partial charge in [-0.2, -0.15) is 0 Å². The first-order valence-corrected chi connectivity index (χ1v) is 6.91. The summed E-state index contributed by atoms with van der Waals surface area (Å²) in [4.78, 5) is 30.9. The van der Waals surface area contributed by atoms with Gasteiger partial charge in [0, 0.05) is 13.7 Å². The Kier molecular flexibility index (Phi) is 2.93. The van der Waals surface area contributed by atoms with Gasteiger partial charge in [-0.1, -0.05) is 0 Å². The van der Waals surface area contributed by atoms with Crippen LogP contribution in [0.2, 0.25) is 0 Å². The van der Waals surface area contributed by atoms with Crippen molar-refractivity contribution in [1.29, 1.82) is 0 Å². The van der Waals surface area contributed by atoms with E-state index < -0.39 is 5.60 Å². The Bertz CT molecular complexity index is 629. The van der Waals surface area contributed by atoms with Crippen LogP contribution in [0.5, 0.6) is 0 Å². The number of carbonyl (C=O) groups excluding carboxylic acids is 1. The van der Waals surface area contributed by atoms with Gasteiger partial charge < -0.3 is 9.64 Å². The van der Waals surface area contributed by atoms with E-state index in [1.807, 2.05) is 6.92 Å². The maximum absolute atomic E-state index is 12.6. The van der Waals surface area contributed by atoms with Gasteiger partial charge in [-0.3, -0.25) is 14.2 Å². The molecule has 1 aromatic heterocycles. The lowest BCUT2D eigenvalue weighted by atomic mass is 10.0. The minimum Gasteiger partial charge on any atom is -0.365 e. The van der Waals surface area contributed by atoms with Crippen molar-refractivity contribution in [2.45, 2.75) is 45.4 Å². The van der Waals surface area contributed by atoms with E-state index in [1.165, 1.54) is 4.57 Å². The number of fused-ring (bicyclic) bond motifs is 1. The van der Waals surface area contributed by atoms with Crippen LogP contribution in [0.15, 0.2) is 4.79 Å². The maximum Gasteiger partial charge on any atom is 0.258 e. The first-order valence-electron chi connectivity index (χ1n) is 6.91. The van der Waals surface area contributed by atoms with E-state index in [0.717, 1.165) is 18.5 Å². The second-order valence-corrected chi connectivity index (χ2v) is 5.79. The largest absolute Gasteiger partial charge is 0.365 e. The topological polar surface area (TPSA) is 64.4 Å². The van der Waals surface area contributed by atoms with E-state index in [9.17, 15) is 9.59 Å². The molecule has 0 aliphatic carbocycles. The third-order valence-corrected chi connectivity index (χ3v) is 4.34. The van der Waals surface area contributed by atoms with Crippen molar-refractivity contribution in [1.82, 2.24) is 14.5 Å². The molecule has 0 radical (unpaired) electrons. The van der Waals surface area contributed by atoms with Crippen LogP contribution < -0.4 is 5.56 Å². The summed E-state index contributed by atoms with van der Waals surface area (Å²) in [6.07, 6.45) is 1.64. The van der Waals surface area contributed by atoms with Crippen molar-refractivity contribution in [3.8, 4) is 0 Å². The first-order chi connectivity index (χ1) is 9.42. The third kappa shape index (κ3) is 1.86. The lowest BCUT2D eigenvalue weighted by Gasteiger charge is -2.27. The number of hydrogen-bond acceptors (Lipinski definition) is 4. The monoisotopic (exact) mass is 277 g/mol. The molecule has 0 saturated carbocycles. The molecule has 1 amide bonds. The molecule has 2 aliphatic rings. The molecule has 1 saturated heterocycles. The molecule has 2 aliphatic heterocycles. The molecule has 6 heteroatoms. The molecule has 0 bridgehead atoms. The number of rotatable bonds is 1. The van der Waals surface area contributed by atoms with E-state index in [1.54, 1.807) is 18.9 Å². The molecule has 0 spiro atoms. The number of carbonyl (C=O) groups is 1. The SMILES string of the molecule is Cc1nc2c(c(=O)n1C)CN(C(=O)C1(C)CCCO1)C2. The van der Waals surface area contributed by atoms with Crippen LogP contribution in [0, 0.1) is 6.92 Å². The molecule has 1 unspecified atom stereocenters. The number of aryl methyl sites for hydroxylation is 1. The fraction of sp³-hybridized carbons (Fsp3) is 0.643. The zero-order valence-electron chi connectivity index (χ0n) is 12.1. The van der Waals surface area contributed by atoms with Crippen LogP contribution in [0.1, 0.15) is 36.8 Å². The van der Waals surface area contributed by atoms with Crippen molar-refractivity contribution in [3.63, 3.8) is 0 Å². The second kappa shape index (κ2) is 4.41. The highest BCUT2D eigenvalue weighted by Gasteiger charge is 2.42. The molecule has 1 aromatic rings. The highest BCUT2D eigenvalue weighted by molar-refractivity contribution is 5.85. The average Bonchev–Trinajstić information content (AvgIpc) is 3.03. The quantitative estimate of drug-likeness (QED) is 0.750. The Morgan fingerprint density at radius 1 is 1.40 bits per heavy atom. The Labute approximate surface area is 117 Å². The van der Waals surface area contributed by atoms with Crippen molar-refractivity contribution in [3.05, 3.63) is 27.4 Å². The standard InChI is InChI=1S/C14H19N3O3/c1-9-15-11-8-17(7-10(11)12(18)16(9)3)13(19)14(2)5-4-6-20-14/h4-8H2,1-3H3. The molecule has 3 heterocycles. The van der Waals surface area contributed by atoms with Gasteiger partial charge in [0.05, 0.1) is 24.3 Å². The normalized spacial score (nSPS) is 25.1. The molecule has 6 nitrogen and oxygen atoms in total. The molecule has 0 aromatic carbocycles. The molecule has 3 rings (SSSR count). The predicted octanol–water partition coefficient (Wildman–Crippen LogP) is 0.500. The number of aromatic nitrogens is 2. The Morgan fingerprint density at radius 2 is 2.15 bits per heavy atom. The van der Waals surface area contributed by atoms with Crippen molar-refractivity contribution in [2.24, 2.45) is 7.05 Å². The Morgan fingerprint density at radius 3 is 2.80 bits per heavy atom. The molecular weight excluding hydrogens is 258 g/mol. The van der Waals surface area contributed by atoms with Crippen LogP contribution in [0.25, 0.3) is 0 Å². The molecule has 108 valence electrons. The van der Waals surface area contributed by atoms with Crippen LogP contribution in [-0.4, -0.2) is 32.6 Å². The number of amides is 1. The number of nitrogens with zero attached hydrogens (tertiary/aromatic N) is 3. The molecular formula is C14H19N3O3. The number of hydrogen-bond donors (Lipinski definition) is 0. The minimum atomic E-state index is -0.734. The summed E-state index contributed by atoms with van der Waals surface area (Å²) < 4.78 is 7.12. The van der Waals surface area contributed by atoms with Crippen LogP contribution in [0.4, 0.5) is 0 Å². The zero-order valence-corrected chi connectivity index (χ0v) is 12.1. The van der Waals surface area contributed by atoms with Gasteiger partial charge in [-0.05, 0) is 26.7 Å². The van der Waals surface area contributed by atoms with Crippen LogP contribution in [-0.2, 0) is 29.7 Å². The zero-order chi connectivity index (χ0) is 14.5. The highest BCUT2D eigenvalue weighted by Crippen LogP contribution is 2.30. The summed E-state index contributed by atoms with van der Waals surface area (Å²) >= 11 is 0. The average molecular weight is 277 g/mol. The lowest BCUT2D eigenvalue weighted by molar-refractivity contribution is -0.151. The van der Waals surface area contributed by atoms with Crippen molar-refractivity contribution >= 4 is 5.91 Å². The van der Waals surface area contributed by atoms with Gasteiger partial charge in [0.25, 0.3) is 11.5 Å².